The van der Waals surface area contributed by atoms with E-state index in [0.29, 0.717) is 22.6 Å². The van der Waals surface area contributed by atoms with Crippen molar-refractivity contribution in [1.82, 2.24) is 0 Å². The summed E-state index contributed by atoms with van der Waals surface area (Å²) in [5.74, 6) is 0.298. The maximum Gasteiger partial charge on any atom is 0.262 e. The Labute approximate surface area is 202 Å². The summed E-state index contributed by atoms with van der Waals surface area (Å²) in [5.41, 5.74) is 2.63. The predicted molar refractivity (Wildman–Crippen MR) is 136 cm³/mol. The van der Waals surface area contributed by atoms with E-state index in [0.717, 1.165) is 16.3 Å². The van der Waals surface area contributed by atoms with Crippen LogP contribution in [-0.2, 0) is 4.79 Å². The third kappa shape index (κ3) is 5.37. The summed E-state index contributed by atoms with van der Waals surface area (Å²) < 4.78 is 11.1. The molecule has 0 aliphatic heterocycles. The fourth-order valence-corrected chi connectivity index (χ4v) is 3.80. The number of methoxy groups -OCH3 is 1. The van der Waals surface area contributed by atoms with Gasteiger partial charge in [-0.05, 0) is 58.3 Å². The van der Waals surface area contributed by atoms with E-state index in [1.807, 2.05) is 60.7 Å². The number of hydrogen-bond donors (Lipinski definition) is 1. The summed E-state index contributed by atoms with van der Waals surface area (Å²) in [6, 6.07) is 28.6. The fraction of sp³-hybridized carbons (Fsp3) is 0.0714. The van der Waals surface area contributed by atoms with Crippen molar-refractivity contribution in [3.8, 4) is 17.6 Å². The number of nitrogens with zero attached hydrogens (tertiary/aromatic N) is 1. The fourth-order valence-electron chi connectivity index (χ4n) is 3.52. The molecule has 1 N–H and O–H groups in total. The van der Waals surface area contributed by atoms with E-state index in [9.17, 15) is 10.1 Å². The van der Waals surface area contributed by atoms with Crippen LogP contribution in [0, 0.1) is 11.3 Å². The molecule has 0 saturated heterocycles. The summed E-state index contributed by atoms with van der Waals surface area (Å²) in [5, 5.41) is 15.0. The normalized spacial score (nSPS) is 11.0. The molecule has 1 amide bonds. The van der Waals surface area contributed by atoms with Gasteiger partial charge in [0.2, 0.25) is 0 Å². The largest absolute Gasteiger partial charge is 0.493 e. The van der Waals surface area contributed by atoms with E-state index in [-0.39, 0.29) is 23.3 Å². The number of nitrogens with one attached hydrogen (secondary N) is 1. The van der Waals surface area contributed by atoms with E-state index in [2.05, 4.69) is 11.4 Å². The van der Waals surface area contributed by atoms with E-state index in [4.69, 9.17) is 21.1 Å². The molecule has 6 heteroatoms. The number of anilines is 1. The smallest absolute Gasteiger partial charge is 0.262 e. The lowest BCUT2D eigenvalue weighted by Crippen LogP contribution is -2.20. The Kier molecular flexibility index (Phi) is 7.12. The van der Waals surface area contributed by atoms with Gasteiger partial charge < -0.3 is 14.8 Å². The number of carbonyl (C=O) groups is 1. The Morgan fingerprint density at radius 2 is 1.74 bits per heavy atom. The number of para-hydroxylation sites is 1. The number of nitriles is 1. The molecule has 168 valence electrons. The number of fused-ring (bicyclic) bond motifs is 1. The third-order valence-electron chi connectivity index (χ3n) is 5.15. The van der Waals surface area contributed by atoms with Crippen LogP contribution in [0.3, 0.4) is 0 Å². The van der Waals surface area contributed by atoms with Crippen LogP contribution in [-0.4, -0.2) is 19.6 Å². The zero-order chi connectivity index (χ0) is 23.9. The zero-order valence-corrected chi connectivity index (χ0v) is 19.2. The summed E-state index contributed by atoms with van der Waals surface area (Å²) in [7, 11) is 1.49. The molecule has 0 aliphatic rings. The molecule has 0 atom stereocenters. The topological polar surface area (TPSA) is 71.3 Å². The van der Waals surface area contributed by atoms with Gasteiger partial charge in [0, 0.05) is 5.69 Å². The van der Waals surface area contributed by atoms with E-state index in [1.165, 1.54) is 7.11 Å². The number of rotatable bonds is 7. The van der Waals surface area contributed by atoms with Crippen molar-refractivity contribution >= 4 is 45.6 Å². The second-order valence-corrected chi connectivity index (χ2v) is 7.88. The van der Waals surface area contributed by atoms with Crippen LogP contribution in [0.2, 0.25) is 5.02 Å². The molecule has 0 spiro atoms. The second-order valence-electron chi connectivity index (χ2n) is 7.47. The van der Waals surface area contributed by atoms with Crippen LogP contribution in [0.4, 0.5) is 5.69 Å². The van der Waals surface area contributed by atoms with Crippen molar-refractivity contribution in [2.45, 2.75) is 0 Å². The maximum absolute atomic E-state index is 12.2. The van der Waals surface area contributed by atoms with Crippen LogP contribution in [0.5, 0.6) is 11.5 Å². The molecule has 0 radical (unpaired) electrons. The van der Waals surface area contributed by atoms with Gasteiger partial charge in [0.15, 0.2) is 18.1 Å². The monoisotopic (exact) mass is 468 g/mol. The van der Waals surface area contributed by atoms with Gasteiger partial charge in [-0.3, -0.25) is 4.79 Å². The first-order valence-corrected chi connectivity index (χ1v) is 10.9. The van der Waals surface area contributed by atoms with Gasteiger partial charge in [0.1, 0.15) is 0 Å². The van der Waals surface area contributed by atoms with Gasteiger partial charge in [-0.15, -0.1) is 0 Å². The van der Waals surface area contributed by atoms with Crippen molar-refractivity contribution in [3.05, 3.63) is 101 Å². The lowest BCUT2D eigenvalue weighted by atomic mass is 10.00. The molecule has 0 fully saturated rings. The highest BCUT2D eigenvalue weighted by Gasteiger charge is 2.14. The maximum atomic E-state index is 12.2. The Morgan fingerprint density at radius 1 is 1.00 bits per heavy atom. The molecule has 0 unspecified atom stereocenters. The van der Waals surface area contributed by atoms with Crippen LogP contribution < -0.4 is 14.8 Å². The predicted octanol–water partition coefficient (Wildman–Crippen LogP) is 6.58. The lowest BCUT2D eigenvalue weighted by Gasteiger charge is -2.13. The molecule has 0 bridgehead atoms. The van der Waals surface area contributed by atoms with E-state index in [1.54, 1.807) is 30.3 Å². The zero-order valence-electron chi connectivity index (χ0n) is 18.4. The number of ether oxygens (including phenoxy) is 2. The minimum atomic E-state index is -0.323. The highest BCUT2D eigenvalue weighted by molar-refractivity contribution is 6.32. The molecule has 0 saturated carbocycles. The number of hydrogen-bond acceptors (Lipinski definition) is 4. The summed E-state index contributed by atoms with van der Waals surface area (Å²) >= 11 is 6.46. The van der Waals surface area contributed by atoms with Crippen molar-refractivity contribution < 1.29 is 14.3 Å². The van der Waals surface area contributed by atoms with Gasteiger partial charge in [0.05, 0.1) is 23.8 Å². The van der Waals surface area contributed by atoms with Crippen LogP contribution >= 0.6 is 11.6 Å². The van der Waals surface area contributed by atoms with Gasteiger partial charge >= 0.3 is 0 Å². The number of benzene rings is 4. The highest BCUT2D eigenvalue weighted by atomic mass is 35.5. The van der Waals surface area contributed by atoms with E-state index >= 15 is 0 Å². The van der Waals surface area contributed by atoms with Crippen molar-refractivity contribution in [2.24, 2.45) is 0 Å². The minimum absolute atomic E-state index is 0.235. The van der Waals surface area contributed by atoms with Crippen molar-refractivity contribution in [3.63, 3.8) is 0 Å². The van der Waals surface area contributed by atoms with Gasteiger partial charge in [0.25, 0.3) is 5.91 Å². The first-order valence-electron chi connectivity index (χ1n) is 10.5. The molecular weight excluding hydrogens is 448 g/mol. The molecular formula is C28H21ClN2O3. The van der Waals surface area contributed by atoms with Gasteiger partial charge in [-0.2, -0.15) is 5.26 Å². The second kappa shape index (κ2) is 10.6. The number of amides is 1. The average Bonchev–Trinajstić information content (AvgIpc) is 2.86. The first-order chi connectivity index (χ1) is 16.6. The van der Waals surface area contributed by atoms with Gasteiger partial charge in [-0.1, -0.05) is 66.2 Å². The average molecular weight is 469 g/mol. The van der Waals surface area contributed by atoms with E-state index < -0.39 is 0 Å². The Morgan fingerprint density at radius 3 is 2.47 bits per heavy atom. The molecule has 4 aromatic carbocycles. The first kappa shape index (κ1) is 22.9. The molecule has 5 nitrogen and oxygen atoms in total. The number of carbonyl (C=O) groups excluding carboxylic acids is 1. The Hall–Kier alpha value is -4.27. The Bertz CT molecular complexity index is 1410. The van der Waals surface area contributed by atoms with Crippen molar-refractivity contribution in [1.29, 1.82) is 5.26 Å². The SMILES string of the molecule is COc1cc(/C=C(/C#N)c2ccc3ccccc3c2)cc(Cl)c1OCC(=O)Nc1ccccc1. The number of allylic oxidation sites excluding steroid dienone is 1. The molecule has 0 aliphatic carbocycles. The molecule has 0 heterocycles. The van der Waals surface area contributed by atoms with Crippen molar-refractivity contribution in [2.75, 3.05) is 19.0 Å². The number of halogens is 1. The highest BCUT2D eigenvalue weighted by Crippen LogP contribution is 2.37. The lowest BCUT2D eigenvalue weighted by molar-refractivity contribution is -0.118. The molecule has 4 rings (SSSR count). The standard InChI is InChI=1S/C28H21ClN2O3/c1-33-26-15-19(13-23(17-30)22-12-11-20-7-5-6-8-21(20)16-22)14-25(29)28(26)34-18-27(32)31-24-9-3-2-4-10-24/h2-16H,18H2,1H3,(H,31,32)/b23-13-. The van der Waals surface area contributed by atoms with Gasteiger partial charge in [-0.25, -0.2) is 0 Å². The summed E-state index contributed by atoms with van der Waals surface area (Å²) in [6.07, 6.45) is 1.74. The minimum Gasteiger partial charge on any atom is -0.493 e. The Balaban J connectivity index is 1.55. The summed E-state index contributed by atoms with van der Waals surface area (Å²) in [6.45, 7) is -0.235. The molecule has 34 heavy (non-hydrogen) atoms. The quantitative estimate of drug-likeness (QED) is 0.245. The van der Waals surface area contributed by atoms with Crippen LogP contribution in [0.25, 0.3) is 22.4 Å². The molecule has 0 aromatic heterocycles. The van der Waals surface area contributed by atoms with Crippen LogP contribution in [0.1, 0.15) is 11.1 Å². The molecule has 4 aromatic rings. The summed E-state index contributed by atoms with van der Waals surface area (Å²) in [4.78, 5) is 12.2. The van der Waals surface area contributed by atoms with Crippen LogP contribution in [0.15, 0.2) is 84.9 Å². The third-order valence-corrected chi connectivity index (χ3v) is 5.43.